The first-order chi connectivity index (χ1) is 15.0. The van der Waals surface area contributed by atoms with Gasteiger partial charge in [-0.3, -0.25) is 10.1 Å². The first-order valence-electron chi connectivity index (χ1n) is 9.58. The molecule has 0 saturated heterocycles. The molecule has 4 aromatic rings. The minimum Gasteiger partial charge on any atom is -0.489 e. The van der Waals surface area contributed by atoms with Crippen LogP contribution in [0.15, 0.2) is 59.4 Å². The van der Waals surface area contributed by atoms with Crippen LogP contribution in [0.3, 0.4) is 0 Å². The number of ether oxygens (including phenoxy) is 1. The number of aromatic nitrogens is 4. The molecule has 0 aliphatic rings. The second kappa shape index (κ2) is 9.01. The third kappa shape index (κ3) is 4.92. The van der Waals surface area contributed by atoms with Crippen molar-refractivity contribution in [3.05, 3.63) is 88.0 Å². The molecular formula is C22H20ClN5O3. The van der Waals surface area contributed by atoms with Crippen LogP contribution in [0.5, 0.6) is 5.75 Å². The number of aryl methyl sites for hydroxylation is 2. The zero-order valence-corrected chi connectivity index (χ0v) is 17.8. The largest absolute Gasteiger partial charge is 0.489 e. The van der Waals surface area contributed by atoms with Crippen molar-refractivity contribution < 1.29 is 14.1 Å². The molecule has 158 valence electrons. The Morgan fingerprint density at radius 2 is 2.03 bits per heavy atom. The van der Waals surface area contributed by atoms with Crippen molar-refractivity contribution in [2.24, 2.45) is 0 Å². The smallest absolute Gasteiger partial charge is 0.280 e. The quantitative estimate of drug-likeness (QED) is 0.460. The van der Waals surface area contributed by atoms with E-state index in [4.69, 9.17) is 20.9 Å². The highest BCUT2D eigenvalue weighted by Gasteiger charge is 2.21. The number of anilines is 1. The molecule has 0 saturated carbocycles. The minimum absolute atomic E-state index is 0.105. The number of hydrogen-bond acceptors (Lipinski definition) is 6. The molecular weight excluding hydrogens is 418 g/mol. The van der Waals surface area contributed by atoms with Gasteiger partial charge in [0.25, 0.3) is 5.91 Å². The van der Waals surface area contributed by atoms with E-state index in [1.807, 2.05) is 31.2 Å². The Morgan fingerprint density at radius 3 is 2.84 bits per heavy atom. The summed E-state index contributed by atoms with van der Waals surface area (Å²) in [6, 6.07) is 15.0. The lowest BCUT2D eigenvalue weighted by atomic mass is 10.1. The Hall–Kier alpha value is -3.65. The summed E-state index contributed by atoms with van der Waals surface area (Å²) in [6.07, 6.45) is 1.57. The number of nitrogens with zero attached hydrogens (tertiary/aromatic N) is 4. The average Bonchev–Trinajstić information content (AvgIpc) is 3.34. The molecule has 0 spiro atoms. The van der Waals surface area contributed by atoms with Crippen molar-refractivity contribution in [2.75, 3.05) is 5.32 Å². The van der Waals surface area contributed by atoms with Gasteiger partial charge in [-0.05, 0) is 43.2 Å². The molecule has 8 nitrogen and oxygen atoms in total. The van der Waals surface area contributed by atoms with Gasteiger partial charge in [-0.15, -0.1) is 5.10 Å². The normalized spacial score (nSPS) is 10.8. The van der Waals surface area contributed by atoms with Gasteiger partial charge in [-0.25, -0.2) is 9.67 Å². The molecule has 0 radical (unpaired) electrons. The summed E-state index contributed by atoms with van der Waals surface area (Å²) >= 11 is 5.98. The summed E-state index contributed by atoms with van der Waals surface area (Å²) in [5, 5.41) is 11.4. The Morgan fingerprint density at radius 1 is 1.19 bits per heavy atom. The number of nitrogens with one attached hydrogen (secondary N) is 1. The summed E-state index contributed by atoms with van der Waals surface area (Å²) in [6.45, 7) is 4.41. The van der Waals surface area contributed by atoms with Crippen molar-refractivity contribution >= 4 is 23.5 Å². The molecule has 2 heterocycles. The molecule has 4 rings (SSSR count). The van der Waals surface area contributed by atoms with E-state index in [9.17, 15) is 4.79 Å². The van der Waals surface area contributed by atoms with Gasteiger partial charge in [0, 0.05) is 5.02 Å². The second-order valence-electron chi connectivity index (χ2n) is 6.96. The van der Waals surface area contributed by atoms with Gasteiger partial charge in [0.2, 0.25) is 5.95 Å². The molecule has 31 heavy (non-hydrogen) atoms. The van der Waals surface area contributed by atoms with Crippen molar-refractivity contribution in [3.8, 4) is 5.75 Å². The Bertz CT molecular complexity index is 1220. The number of benzene rings is 2. The Labute approximate surface area is 183 Å². The topological polar surface area (TPSA) is 95.1 Å². The molecule has 0 aliphatic heterocycles. The highest BCUT2D eigenvalue weighted by atomic mass is 35.5. The van der Waals surface area contributed by atoms with Crippen molar-refractivity contribution in [1.82, 2.24) is 19.9 Å². The third-order valence-corrected chi connectivity index (χ3v) is 4.97. The van der Waals surface area contributed by atoms with E-state index in [-0.39, 0.29) is 18.2 Å². The summed E-state index contributed by atoms with van der Waals surface area (Å²) < 4.78 is 12.6. The lowest BCUT2D eigenvalue weighted by molar-refractivity contribution is 0.101. The number of rotatable bonds is 7. The molecule has 0 fully saturated rings. The Kier molecular flexibility index (Phi) is 5.99. The van der Waals surface area contributed by atoms with E-state index in [2.05, 4.69) is 20.6 Å². The lowest BCUT2D eigenvalue weighted by Crippen LogP contribution is -2.16. The highest BCUT2D eigenvalue weighted by Crippen LogP contribution is 2.21. The number of amides is 1. The van der Waals surface area contributed by atoms with Crippen LogP contribution in [-0.4, -0.2) is 25.8 Å². The van der Waals surface area contributed by atoms with Gasteiger partial charge < -0.3 is 9.26 Å². The monoisotopic (exact) mass is 437 g/mol. The van der Waals surface area contributed by atoms with E-state index in [0.29, 0.717) is 28.6 Å². The minimum atomic E-state index is -0.477. The van der Waals surface area contributed by atoms with Gasteiger partial charge in [0.1, 0.15) is 24.4 Å². The van der Waals surface area contributed by atoms with Gasteiger partial charge in [0.15, 0.2) is 5.69 Å². The standard InChI is InChI=1S/C22H20ClN5O3/c1-14-6-3-4-7-16(14)11-28-13-24-22(26-28)25-21(29)20-19(15(2)31-27-20)12-30-18-9-5-8-17(23)10-18/h3-10,13H,11-12H2,1-2H3,(H,25,26,29). The Balaban J connectivity index is 1.43. The van der Waals surface area contributed by atoms with E-state index in [1.54, 1.807) is 42.2 Å². The van der Waals surface area contributed by atoms with E-state index < -0.39 is 5.91 Å². The maximum atomic E-state index is 12.7. The summed E-state index contributed by atoms with van der Waals surface area (Å²) in [5.41, 5.74) is 2.94. The third-order valence-electron chi connectivity index (χ3n) is 4.73. The van der Waals surface area contributed by atoms with Gasteiger partial charge >= 0.3 is 0 Å². The van der Waals surface area contributed by atoms with E-state index >= 15 is 0 Å². The fourth-order valence-electron chi connectivity index (χ4n) is 3.00. The fraction of sp³-hybridized carbons (Fsp3) is 0.182. The predicted octanol–water partition coefficient (Wildman–Crippen LogP) is 4.42. The van der Waals surface area contributed by atoms with Crippen LogP contribution in [0.4, 0.5) is 5.95 Å². The molecule has 0 bridgehead atoms. The second-order valence-corrected chi connectivity index (χ2v) is 7.39. The molecule has 2 aromatic heterocycles. The zero-order valence-electron chi connectivity index (χ0n) is 17.0. The number of carbonyl (C=O) groups excluding carboxylic acids is 1. The number of halogens is 1. The molecule has 0 unspecified atom stereocenters. The van der Waals surface area contributed by atoms with Crippen molar-refractivity contribution in [2.45, 2.75) is 27.0 Å². The number of hydrogen-bond donors (Lipinski definition) is 1. The zero-order chi connectivity index (χ0) is 21.8. The SMILES string of the molecule is Cc1ccccc1Cn1cnc(NC(=O)c2noc(C)c2COc2cccc(Cl)c2)n1. The first kappa shape index (κ1) is 20.6. The summed E-state index contributed by atoms with van der Waals surface area (Å²) in [7, 11) is 0. The highest BCUT2D eigenvalue weighted by molar-refractivity contribution is 6.30. The van der Waals surface area contributed by atoms with E-state index in [0.717, 1.165) is 11.1 Å². The van der Waals surface area contributed by atoms with Crippen LogP contribution >= 0.6 is 11.6 Å². The number of carbonyl (C=O) groups is 1. The van der Waals surface area contributed by atoms with Crippen LogP contribution < -0.4 is 10.1 Å². The molecule has 2 aromatic carbocycles. The average molecular weight is 438 g/mol. The predicted molar refractivity (Wildman–Crippen MR) is 115 cm³/mol. The summed E-state index contributed by atoms with van der Waals surface area (Å²) in [4.78, 5) is 16.9. The molecule has 1 N–H and O–H groups in total. The maximum absolute atomic E-state index is 12.7. The van der Waals surface area contributed by atoms with E-state index in [1.165, 1.54) is 0 Å². The molecule has 0 aliphatic carbocycles. The van der Waals surface area contributed by atoms with Crippen LogP contribution in [0.1, 0.15) is 32.9 Å². The van der Waals surface area contributed by atoms with Crippen LogP contribution in [0, 0.1) is 13.8 Å². The fourth-order valence-corrected chi connectivity index (χ4v) is 3.18. The van der Waals surface area contributed by atoms with Crippen LogP contribution in [0.2, 0.25) is 5.02 Å². The molecule has 9 heteroatoms. The summed E-state index contributed by atoms with van der Waals surface area (Å²) in [5.74, 6) is 0.775. The maximum Gasteiger partial charge on any atom is 0.280 e. The van der Waals surface area contributed by atoms with Gasteiger partial charge in [0.05, 0.1) is 12.1 Å². The molecule has 1 amide bonds. The first-order valence-corrected chi connectivity index (χ1v) is 9.96. The van der Waals surface area contributed by atoms with Gasteiger partial charge in [-0.1, -0.05) is 47.1 Å². The van der Waals surface area contributed by atoms with Gasteiger partial charge in [-0.2, -0.15) is 0 Å². The van der Waals surface area contributed by atoms with Crippen molar-refractivity contribution in [3.63, 3.8) is 0 Å². The van der Waals surface area contributed by atoms with Crippen molar-refractivity contribution in [1.29, 1.82) is 0 Å². The van der Waals surface area contributed by atoms with Crippen LogP contribution in [-0.2, 0) is 13.2 Å². The van der Waals surface area contributed by atoms with Crippen LogP contribution in [0.25, 0.3) is 0 Å². The molecule has 0 atom stereocenters. The lowest BCUT2D eigenvalue weighted by Gasteiger charge is -2.07.